The van der Waals surface area contributed by atoms with Crippen LogP contribution in [-0.4, -0.2) is 35.5 Å². The zero-order valence-electron chi connectivity index (χ0n) is 15.3. The Hall–Kier alpha value is -1.97. The quantitative estimate of drug-likeness (QED) is 0.475. The molecule has 0 spiro atoms. The van der Waals surface area contributed by atoms with Crippen molar-refractivity contribution in [3.8, 4) is 0 Å². The maximum atomic E-state index is 13.1. The molecule has 1 aliphatic heterocycles. The summed E-state index contributed by atoms with van der Waals surface area (Å²) in [6.45, 7) is 2.96. The Morgan fingerprint density at radius 1 is 1.24 bits per heavy atom. The molecule has 4 nitrogen and oxygen atoms in total. The smallest absolute Gasteiger partial charge is 0.370 e. The Bertz CT molecular complexity index is 1070. The molecule has 3 aromatic rings. The Morgan fingerprint density at radius 2 is 1.97 bits per heavy atom. The van der Waals surface area contributed by atoms with Gasteiger partial charge in [0.25, 0.3) is 5.91 Å². The van der Waals surface area contributed by atoms with Crippen molar-refractivity contribution >= 4 is 43.4 Å². The number of thiophene rings is 1. The number of nitrogens with zero attached hydrogens (tertiary/aromatic N) is 2. The summed E-state index contributed by atoms with van der Waals surface area (Å²) < 4.78 is 45.6. The fourth-order valence-electron chi connectivity index (χ4n) is 3.32. The van der Waals surface area contributed by atoms with E-state index in [1.165, 1.54) is 6.07 Å². The van der Waals surface area contributed by atoms with Gasteiger partial charge in [-0.3, -0.25) is 4.79 Å². The van der Waals surface area contributed by atoms with Crippen molar-refractivity contribution in [1.82, 2.24) is 9.88 Å². The lowest BCUT2D eigenvalue weighted by molar-refractivity contribution is -0.140. The van der Waals surface area contributed by atoms with E-state index in [-0.39, 0.29) is 16.8 Å². The van der Waals surface area contributed by atoms with Crippen LogP contribution < -0.4 is 0 Å². The molecule has 0 N–H and O–H groups in total. The number of morpholine rings is 1. The van der Waals surface area contributed by atoms with Gasteiger partial charge in [0.2, 0.25) is 0 Å². The van der Waals surface area contributed by atoms with Crippen molar-refractivity contribution < 1.29 is 22.7 Å². The van der Waals surface area contributed by atoms with E-state index in [0.717, 1.165) is 27.4 Å². The molecule has 0 radical (unpaired) electrons. The second-order valence-electron chi connectivity index (χ2n) is 6.77. The summed E-state index contributed by atoms with van der Waals surface area (Å²) >= 11 is 4.40. The van der Waals surface area contributed by atoms with Crippen molar-refractivity contribution in [3.63, 3.8) is 0 Å². The van der Waals surface area contributed by atoms with Crippen LogP contribution in [-0.2, 0) is 10.9 Å². The van der Waals surface area contributed by atoms with Crippen molar-refractivity contribution in [1.29, 1.82) is 0 Å². The third-order valence-electron chi connectivity index (χ3n) is 4.88. The number of alkyl halides is 3. The van der Waals surface area contributed by atoms with Gasteiger partial charge in [-0.05, 0) is 42.3 Å². The fraction of sp³-hybridized carbons (Fsp3) is 0.300. The zero-order chi connectivity index (χ0) is 20.8. The van der Waals surface area contributed by atoms with Crippen molar-refractivity contribution in [2.45, 2.75) is 19.2 Å². The summed E-state index contributed by atoms with van der Waals surface area (Å²) in [5.41, 5.74) is 0.671. The van der Waals surface area contributed by atoms with Gasteiger partial charge in [-0.2, -0.15) is 13.2 Å². The summed E-state index contributed by atoms with van der Waals surface area (Å²) in [7, 11) is 0. The number of aromatic nitrogens is 1. The van der Waals surface area contributed by atoms with Gasteiger partial charge in [0.05, 0.1) is 18.0 Å². The highest BCUT2D eigenvalue weighted by Crippen LogP contribution is 2.35. The molecular weight excluding hydrogens is 469 g/mol. The lowest BCUT2D eigenvalue weighted by atomic mass is 10.1. The van der Waals surface area contributed by atoms with E-state index in [9.17, 15) is 18.0 Å². The maximum Gasteiger partial charge on any atom is 0.433 e. The largest absolute Gasteiger partial charge is 0.433 e. The average molecular weight is 485 g/mol. The predicted octanol–water partition coefficient (Wildman–Crippen LogP) is 5.60. The Balaban J connectivity index is 1.60. The summed E-state index contributed by atoms with van der Waals surface area (Å²) in [5.74, 6) is -0.204. The van der Waals surface area contributed by atoms with Crippen molar-refractivity contribution in [2.24, 2.45) is 0 Å². The minimum atomic E-state index is -4.52. The summed E-state index contributed by atoms with van der Waals surface area (Å²) in [6.07, 6.45) is -4.76. The maximum absolute atomic E-state index is 13.1. The molecule has 0 saturated carbocycles. The molecule has 0 bridgehead atoms. The fourth-order valence-corrected chi connectivity index (χ4v) is 4.73. The van der Waals surface area contributed by atoms with Gasteiger partial charge in [-0.1, -0.05) is 28.1 Å². The summed E-state index contributed by atoms with van der Waals surface area (Å²) in [6, 6.07) is 10.1. The van der Waals surface area contributed by atoms with Crippen LogP contribution in [0.2, 0.25) is 0 Å². The molecular formula is C20H16BrF3N2O2S. The van der Waals surface area contributed by atoms with Crippen LogP contribution in [0.25, 0.3) is 10.2 Å². The molecule has 1 amide bonds. The first kappa shape index (κ1) is 20.3. The van der Waals surface area contributed by atoms with Gasteiger partial charge in [0.15, 0.2) is 0 Å². The Kier molecular flexibility index (Phi) is 5.39. The van der Waals surface area contributed by atoms with Crippen LogP contribution >= 0.6 is 27.3 Å². The van der Waals surface area contributed by atoms with Gasteiger partial charge in [-0.15, -0.1) is 11.3 Å². The van der Waals surface area contributed by atoms with E-state index in [1.807, 2.05) is 24.3 Å². The van der Waals surface area contributed by atoms with Crippen molar-refractivity contribution in [2.75, 3.05) is 19.7 Å². The van der Waals surface area contributed by atoms with Gasteiger partial charge < -0.3 is 9.64 Å². The Labute approximate surface area is 177 Å². The molecule has 1 saturated heterocycles. The number of carbonyl (C=O) groups excluding carboxylic acids is 1. The lowest BCUT2D eigenvalue weighted by Crippen LogP contribution is -2.42. The highest BCUT2D eigenvalue weighted by atomic mass is 79.9. The second kappa shape index (κ2) is 7.70. The standard InChI is InChI=1S/C20H16BrF3N2O2S/c1-11-14-6-7-16(20(22,23)24)25-18(14)29-17(11)19(27)26-8-9-28-15(10-26)12-2-4-13(21)5-3-12/h2-7,15H,8-10H2,1H3. The third kappa shape index (κ3) is 4.04. The molecule has 29 heavy (non-hydrogen) atoms. The first-order chi connectivity index (χ1) is 13.7. The van der Waals surface area contributed by atoms with E-state index in [2.05, 4.69) is 20.9 Å². The molecule has 2 aromatic heterocycles. The summed E-state index contributed by atoms with van der Waals surface area (Å²) in [5, 5.41) is 0.573. The molecule has 3 heterocycles. The van der Waals surface area contributed by atoms with E-state index in [0.29, 0.717) is 35.5 Å². The number of hydrogen-bond acceptors (Lipinski definition) is 4. The Morgan fingerprint density at radius 3 is 2.66 bits per heavy atom. The molecule has 1 aliphatic rings. The van der Waals surface area contributed by atoms with E-state index < -0.39 is 11.9 Å². The van der Waals surface area contributed by atoms with E-state index >= 15 is 0 Å². The molecule has 4 rings (SSSR count). The van der Waals surface area contributed by atoms with Gasteiger partial charge in [-0.25, -0.2) is 4.98 Å². The minimum Gasteiger partial charge on any atom is -0.370 e. The monoisotopic (exact) mass is 484 g/mol. The highest BCUT2D eigenvalue weighted by molar-refractivity contribution is 9.10. The number of halogens is 4. The number of ether oxygens (including phenoxy) is 1. The zero-order valence-corrected chi connectivity index (χ0v) is 17.7. The van der Waals surface area contributed by atoms with Crippen LogP contribution in [0, 0.1) is 6.92 Å². The number of hydrogen-bond donors (Lipinski definition) is 0. The van der Waals surface area contributed by atoms with Crippen LogP contribution in [0.1, 0.15) is 32.6 Å². The number of benzene rings is 1. The van der Waals surface area contributed by atoms with Crippen molar-refractivity contribution in [3.05, 3.63) is 62.6 Å². The number of aryl methyl sites for hydroxylation is 1. The number of pyridine rings is 1. The van der Waals surface area contributed by atoms with Gasteiger partial charge in [0.1, 0.15) is 16.6 Å². The number of carbonyl (C=O) groups is 1. The SMILES string of the molecule is Cc1c(C(=O)N2CCOC(c3ccc(Br)cc3)C2)sc2nc(C(F)(F)F)ccc12. The van der Waals surface area contributed by atoms with Gasteiger partial charge >= 0.3 is 6.18 Å². The van der Waals surface area contributed by atoms with Crippen LogP contribution in [0.3, 0.4) is 0 Å². The number of amides is 1. The molecule has 1 aromatic carbocycles. The minimum absolute atomic E-state index is 0.204. The topological polar surface area (TPSA) is 42.4 Å². The van der Waals surface area contributed by atoms with Crippen LogP contribution in [0.4, 0.5) is 13.2 Å². The van der Waals surface area contributed by atoms with Crippen LogP contribution in [0.5, 0.6) is 0 Å². The molecule has 1 atom stereocenters. The first-order valence-corrected chi connectivity index (χ1v) is 10.5. The average Bonchev–Trinajstić information content (AvgIpc) is 3.03. The molecule has 1 unspecified atom stereocenters. The third-order valence-corrected chi connectivity index (χ3v) is 6.60. The summed E-state index contributed by atoms with van der Waals surface area (Å²) in [4.78, 5) is 19.2. The lowest BCUT2D eigenvalue weighted by Gasteiger charge is -2.33. The second-order valence-corrected chi connectivity index (χ2v) is 8.68. The molecule has 152 valence electrons. The first-order valence-electron chi connectivity index (χ1n) is 8.87. The van der Waals surface area contributed by atoms with E-state index in [4.69, 9.17) is 4.74 Å². The predicted molar refractivity (Wildman–Crippen MR) is 108 cm³/mol. The van der Waals surface area contributed by atoms with Gasteiger partial charge in [0, 0.05) is 16.4 Å². The van der Waals surface area contributed by atoms with E-state index in [1.54, 1.807) is 11.8 Å². The molecule has 0 aliphatic carbocycles. The number of fused-ring (bicyclic) bond motifs is 1. The molecule has 9 heteroatoms. The molecule has 1 fully saturated rings. The normalized spacial score (nSPS) is 17.7. The number of rotatable bonds is 2. The highest BCUT2D eigenvalue weighted by Gasteiger charge is 2.34. The van der Waals surface area contributed by atoms with Crippen LogP contribution in [0.15, 0.2) is 40.9 Å².